The molecule has 0 fully saturated rings. The predicted octanol–water partition coefficient (Wildman–Crippen LogP) is 2.99. The molecule has 0 amide bonds. The van der Waals surface area contributed by atoms with Crippen molar-refractivity contribution < 1.29 is 14.6 Å². The summed E-state index contributed by atoms with van der Waals surface area (Å²) in [7, 11) is 1.58. The maximum absolute atomic E-state index is 10.5. The summed E-state index contributed by atoms with van der Waals surface area (Å²) in [5, 5.41) is 9.70. The molecular formula is C13H10ClNO3. The van der Waals surface area contributed by atoms with Gasteiger partial charge in [-0.15, -0.1) is 0 Å². The molecule has 0 atom stereocenters. The lowest BCUT2D eigenvalue weighted by molar-refractivity contribution is -0.131. The molecule has 5 heteroatoms. The number of benzene rings is 1. The molecular weight excluding hydrogens is 254 g/mol. The van der Waals surface area contributed by atoms with E-state index in [1.165, 1.54) is 6.08 Å². The molecule has 1 aromatic heterocycles. The van der Waals surface area contributed by atoms with E-state index in [4.69, 9.17) is 21.4 Å². The number of halogens is 1. The van der Waals surface area contributed by atoms with Gasteiger partial charge in [0.2, 0.25) is 0 Å². The minimum absolute atomic E-state index is 0.269. The number of pyridine rings is 1. The molecule has 0 spiro atoms. The Hall–Kier alpha value is -2.07. The Morgan fingerprint density at radius 3 is 2.89 bits per heavy atom. The summed E-state index contributed by atoms with van der Waals surface area (Å²) < 4.78 is 5.12. The van der Waals surface area contributed by atoms with Crippen LogP contribution in [0.3, 0.4) is 0 Å². The number of carboxylic acids is 1. The topological polar surface area (TPSA) is 59.4 Å². The van der Waals surface area contributed by atoms with E-state index in [0.29, 0.717) is 11.3 Å². The minimum atomic E-state index is -1.03. The highest BCUT2D eigenvalue weighted by atomic mass is 35.5. The molecule has 18 heavy (non-hydrogen) atoms. The predicted molar refractivity (Wildman–Crippen MR) is 70.0 cm³/mol. The highest BCUT2D eigenvalue weighted by Crippen LogP contribution is 2.24. The van der Waals surface area contributed by atoms with Crippen molar-refractivity contribution in [2.24, 2.45) is 0 Å². The maximum atomic E-state index is 10.5. The van der Waals surface area contributed by atoms with Crippen LogP contribution in [0.2, 0.25) is 5.15 Å². The van der Waals surface area contributed by atoms with Crippen LogP contribution in [0.4, 0.5) is 0 Å². The van der Waals surface area contributed by atoms with Crippen LogP contribution in [-0.4, -0.2) is 23.2 Å². The van der Waals surface area contributed by atoms with Crippen molar-refractivity contribution in [3.8, 4) is 5.75 Å². The third-order valence-electron chi connectivity index (χ3n) is 2.41. The van der Waals surface area contributed by atoms with Gasteiger partial charge in [-0.25, -0.2) is 9.78 Å². The number of aromatic nitrogens is 1. The average molecular weight is 264 g/mol. The van der Waals surface area contributed by atoms with Crippen LogP contribution in [0.15, 0.2) is 30.3 Å². The molecule has 0 bridgehead atoms. The number of aliphatic carboxylic acids is 1. The average Bonchev–Trinajstić information content (AvgIpc) is 2.35. The Morgan fingerprint density at radius 1 is 1.44 bits per heavy atom. The lowest BCUT2D eigenvalue weighted by Gasteiger charge is -2.04. The first-order chi connectivity index (χ1) is 8.60. The molecule has 4 nitrogen and oxygen atoms in total. The number of fused-ring (bicyclic) bond motifs is 1. The van der Waals surface area contributed by atoms with Crippen LogP contribution in [-0.2, 0) is 4.79 Å². The van der Waals surface area contributed by atoms with Crippen LogP contribution in [0.1, 0.15) is 5.56 Å². The zero-order valence-electron chi connectivity index (χ0n) is 9.55. The number of ether oxygens (including phenoxy) is 1. The van der Waals surface area contributed by atoms with Gasteiger partial charge in [0.25, 0.3) is 0 Å². The molecule has 0 saturated heterocycles. The summed E-state index contributed by atoms with van der Waals surface area (Å²) in [5.41, 5.74) is 1.29. The van der Waals surface area contributed by atoms with Gasteiger partial charge in [-0.1, -0.05) is 11.6 Å². The molecule has 92 valence electrons. The number of rotatable bonds is 3. The van der Waals surface area contributed by atoms with Gasteiger partial charge in [0.15, 0.2) is 0 Å². The third-order valence-corrected chi connectivity index (χ3v) is 2.71. The van der Waals surface area contributed by atoms with Crippen molar-refractivity contribution in [2.75, 3.05) is 7.11 Å². The van der Waals surface area contributed by atoms with Crippen LogP contribution in [0, 0.1) is 0 Å². The van der Waals surface area contributed by atoms with Crippen LogP contribution >= 0.6 is 11.6 Å². The first kappa shape index (κ1) is 12.4. The summed E-state index contributed by atoms with van der Waals surface area (Å²) >= 11 is 5.97. The van der Waals surface area contributed by atoms with E-state index in [1.54, 1.807) is 25.3 Å². The van der Waals surface area contributed by atoms with E-state index in [0.717, 1.165) is 17.0 Å². The summed E-state index contributed by atoms with van der Waals surface area (Å²) in [6, 6.07) is 7.17. The van der Waals surface area contributed by atoms with Gasteiger partial charge in [0.1, 0.15) is 10.9 Å². The SMILES string of the molecule is COc1ccc2nc(Cl)c(C=CC(=O)O)cc2c1. The highest BCUT2D eigenvalue weighted by molar-refractivity contribution is 6.31. The zero-order chi connectivity index (χ0) is 13.1. The van der Waals surface area contributed by atoms with Crippen molar-refractivity contribution in [2.45, 2.75) is 0 Å². The first-order valence-electron chi connectivity index (χ1n) is 5.15. The molecule has 0 radical (unpaired) electrons. The molecule has 0 unspecified atom stereocenters. The van der Waals surface area contributed by atoms with E-state index in [-0.39, 0.29) is 5.15 Å². The van der Waals surface area contributed by atoms with Gasteiger partial charge in [-0.3, -0.25) is 0 Å². The second-order valence-corrected chi connectivity index (χ2v) is 3.96. The van der Waals surface area contributed by atoms with Gasteiger partial charge in [0.05, 0.1) is 12.6 Å². The van der Waals surface area contributed by atoms with Gasteiger partial charge < -0.3 is 9.84 Å². The smallest absolute Gasteiger partial charge is 0.328 e. The largest absolute Gasteiger partial charge is 0.497 e. The zero-order valence-corrected chi connectivity index (χ0v) is 10.3. The fraction of sp³-hybridized carbons (Fsp3) is 0.0769. The molecule has 1 N–H and O–H groups in total. The van der Waals surface area contributed by atoms with Crippen LogP contribution in [0.5, 0.6) is 5.75 Å². The highest BCUT2D eigenvalue weighted by Gasteiger charge is 2.04. The van der Waals surface area contributed by atoms with Crippen molar-refractivity contribution in [1.29, 1.82) is 0 Å². The normalized spacial score (nSPS) is 11.0. The number of carbonyl (C=O) groups is 1. The van der Waals surface area contributed by atoms with Gasteiger partial charge >= 0.3 is 5.97 Å². The number of carboxylic acid groups (broad SMARTS) is 1. The summed E-state index contributed by atoms with van der Waals surface area (Å²) in [6.45, 7) is 0. The lowest BCUT2D eigenvalue weighted by Crippen LogP contribution is -1.89. The second-order valence-electron chi connectivity index (χ2n) is 3.60. The molecule has 0 saturated carbocycles. The van der Waals surface area contributed by atoms with Crippen LogP contribution in [0.25, 0.3) is 17.0 Å². The van der Waals surface area contributed by atoms with Crippen molar-refractivity contribution in [3.63, 3.8) is 0 Å². The third kappa shape index (κ3) is 2.60. The van der Waals surface area contributed by atoms with E-state index < -0.39 is 5.97 Å². The Balaban J connectivity index is 2.54. The fourth-order valence-corrected chi connectivity index (χ4v) is 1.76. The Morgan fingerprint density at radius 2 is 2.22 bits per heavy atom. The molecule has 1 heterocycles. The quantitative estimate of drug-likeness (QED) is 0.683. The van der Waals surface area contributed by atoms with Gasteiger partial charge in [-0.2, -0.15) is 0 Å². The Kier molecular flexibility index (Phi) is 3.48. The summed E-state index contributed by atoms with van der Waals surface area (Å²) in [4.78, 5) is 14.7. The number of nitrogens with zero attached hydrogens (tertiary/aromatic N) is 1. The van der Waals surface area contributed by atoms with Crippen molar-refractivity contribution >= 4 is 34.5 Å². The van der Waals surface area contributed by atoms with E-state index in [2.05, 4.69) is 4.98 Å². The molecule has 1 aromatic carbocycles. The van der Waals surface area contributed by atoms with E-state index >= 15 is 0 Å². The monoisotopic (exact) mass is 263 g/mol. The molecule has 2 aromatic rings. The maximum Gasteiger partial charge on any atom is 0.328 e. The van der Waals surface area contributed by atoms with E-state index in [9.17, 15) is 4.79 Å². The molecule has 0 aliphatic rings. The lowest BCUT2D eigenvalue weighted by atomic mass is 10.1. The minimum Gasteiger partial charge on any atom is -0.497 e. The van der Waals surface area contributed by atoms with Gasteiger partial charge in [0, 0.05) is 17.0 Å². The van der Waals surface area contributed by atoms with Crippen molar-refractivity contribution in [3.05, 3.63) is 41.1 Å². The standard InChI is InChI=1S/C13H10ClNO3/c1-18-10-3-4-11-9(7-10)6-8(13(14)15-11)2-5-12(16)17/h2-7H,1H3,(H,16,17). The first-order valence-corrected chi connectivity index (χ1v) is 5.53. The molecule has 0 aliphatic heterocycles. The van der Waals surface area contributed by atoms with E-state index in [1.807, 2.05) is 6.07 Å². The summed E-state index contributed by atoms with van der Waals surface area (Å²) in [6.07, 6.45) is 2.44. The number of hydrogen-bond acceptors (Lipinski definition) is 3. The molecule has 0 aliphatic carbocycles. The molecule has 2 rings (SSSR count). The van der Waals surface area contributed by atoms with Crippen LogP contribution < -0.4 is 4.74 Å². The van der Waals surface area contributed by atoms with Gasteiger partial charge in [-0.05, 0) is 30.3 Å². The number of hydrogen-bond donors (Lipinski definition) is 1. The second kappa shape index (κ2) is 5.06. The fourth-order valence-electron chi connectivity index (χ4n) is 1.55. The number of methoxy groups -OCH3 is 1. The Labute approximate surface area is 108 Å². The van der Waals surface area contributed by atoms with Crippen molar-refractivity contribution in [1.82, 2.24) is 4.98 Å². The summed E-state index contributed by atoms with van der Waals surface area (Å²) in [5.74, 6) is -0.323. The Bertz CT molecular complexity index is 637.